The molecular weight excluding hydrogens is 273 g/mol. The standard InChI is InChI=1S/C14H26N3O2P/c1-9(2)17(10(3)4)13-8-16-12(6)11(5)15(7)14(16)20(13,18)19/h9-10,13H,8H2,1-7H3. The Morgan fingerprint density at radius 3 is 2.20 bits per heavy atom. The van der Waals surface area contributed by atoms with Crippen molar-refractivity contribution in [1.82, 2.24) is 9.47 Å². The highest BCUT2D eigenvalue weighted by Crippen LogP contribution is 2.48. The molecule has 0 saturated heterocycles. The molecule has 2 unspecified atom stereocenters. The molecule has 0 aromatic carbocycles. The molecular formula is C14H26N3O2P. The summed E-state index contributed by atoms with van der Waals surface area (Å²) < 4.78 is 16.8. The van der Waals surface area contributed by atoms with Gasteiger partial charge in [0.25, 0.3) is 0 Å². The van der Waals surface area contributed by atoms with Gasteiger partial charge in [-0.05, 0) is 27.7 Å². The summed E-state index contributed by atoms with van der Waals surface area (Å²) in [4.78, 5) is 15.1. The largest absolute Gasteiger partial charge is 0.789 e. The number of hydrogen-bond acceptors (Lipinski definition) is 3. The molecule has 1 aliphatic heterocycles. The normalized spacial score (nSPS) is 26.1. The van der Waals surface area contributed by atoms with Gasteiger partial charge in [-0.1, -0.05) is 0 Å². The van der Waals surface area contributed by atoms with Crippen molar-refractivity contribution in [2.24, 2.45) is 7.05 Å². The summed E-state index contributed by atoms with van der Waals surface area (Å²) in [5.74, 6) is -0.428. The van der Waals surface area contributed by atoms with Crippen LogP contribution in [0.4, 0.5) is 0 Å². The van der Waals surface area contributed by atoms with Gasteiger partial charge < -0.3 is 9.46 Å². The van der Waals surface area contributed by atoms with Crippen LogP contribution in [-0.4, -0.2) is 27.3 Å². The molecule has 2 heterocycles. The van der Waals surface area contributed by atoms with E-state index in [2.05, 4.69) is 32.6 Å². The van der Waals surface area contributed by atoms with E-state index in [4.69, 9.17) is 0 Å². The van der Waals surface area contributed by atoms with E-state index in [1.807, 2.05) is 30.0 Å². The molecule has 2 rings (SSSR count). The van der Waals surface area contributed by atoms with Gasteiger partial charge in [-0.2, -0.15) is 0 Å². The van der Waals surface area contributed by atoms with Gasteiger partial charge in [-0.3, -0.25) is 4.90 Å². The summed E-state index contributed by atoms with van der Waals surface area (Å²) in [5.41, 5.74) is 2.55. The van der Waals surface area contributed by atoms with Crippen molar-refractivity contribution < 1.29 is 14.0 Å². The molecule has 20 heavy (non-hydrogen) atoms. The highest BCUT2D eigenvalue weighted by Gasteiger charge is 2.48. The van der Waals surface area contributed by atoms with E-state index >= 15 is 0 Å². The number of fused-ring (bicyclic) bond motifs is 1. The Morgan fingerprint density at radius 2 is 1.80 bits per heavy atom. The number of nitrogens with zero attached hydrogens (tertiary/aromatic N) is 3. The smallest absolute Gasteiger partial charge is 0.302 e. The molecule has 6 heteroatoms. The number of rotatable bonds is 3. The highest BCUT2D eigenvalue weighted by atomic mass is 31.2. The van der Waals surface area contributed by atoms with Crippen molar-refractivity contribution in [2.75, 3.05) is 0 Å². The van der Waals surface area contributed by atoms with Gasteiger partial charge in [0.05, 0.1) is 7.05 Å². The van der Waals surface area contributed by atoms with E-state index < -0.39 is 13.2 Å². The molecule has 1 aromatic rings. The van der Waals surface area contributed by atoms with E-state index in [1.165, 1.54) is 0 Å². The summed E-state index contributed by atoms with van der Waals surface area (Å²) in [6, 6.07) is 0.414. The number of hydrogen-bond donors (Lipinski definition) is 0. The van der Waals surface area contributed by atoms with Crippen molar-refractivity contribution in [2.45, 2.75) is 66.0 Å². The maximum atomic E-state index is 13.0. The Kier molecular flexibility index (Phi) is 3.91. The zero-order valence-electron chi connectivity index (χ0n) is 13.5. The van der Waals surface area contributed by atoms with Crippen molar-refractivity contribution in [3.8, 4) is 0 Å². The highest BCUT2D eigenvalue weighted by molar-refractivity contribution is 7.64. The van der Waals surface area contributed by atoms with Crippen LogP contribution in [0.2, 0.25) is 0 Å². The Bertz CT molecular complexity index is 569. The SMILES string of the molecule is Cc1c(C)[n+](C)c2n1CC(N(C(C)C)C(C)C)P2(=O)[O-]. The molecule has 0 N–H and O–H groups in total. The fourth-order valence-corrected chi connectivity index (χ4v) is 6.14. The van der Waals surface area contributed by atoms with Crippen molar-refractivity contribution in [1.29, 1.82) is 0 Å². The van der Waals surface area contributed by atoms with Gasteiger partial charge in [0.15, 0.2) is 0 Å². The summed E-state index contributed by atoms with van der Waals surface area (Å²) in [6.45, 7) is 12.8. The lowest BCUT2D eigenvalue weighted by molar-refractivity contribution is -0.659. The van der Waals surface area contributed by atoms with E-state index in [0.717, 1.165) is 11.4 Å². The average molecular weight is 299 g/mol. The minimum absolute atomic E-state index is 0.207. The summed E-state index contributed by atoms with van der Waals surface area (Å²) in [5, 5.41) is 0. The van der Waals surface area contributed by atoms with Crippen LogP contribution in [0.3, 0.4) is 0 Å². The first-order chi connectivity index (χ1) is 9.10. The minimum atomic E-state index is -3.65. The lowest BCUT2D eigenvalue weighted by atomic mass is 10.2. The summed E-state index contributed by atoms with van der Waals surface area (Å²) >= 11 is 0. The first-order valence-corrected chi connectivity index (χ1v) is 8.94. The topological polar surface area (TPSA) is 52.2 Å². The summed E-state index contributed by atoms with van der Waals surface area (Å²) in [6.07, 6.45) is 0. The Hall–Kier alpha value is -0.640. The molecule has 0 fully saturated rings. The predicted molar refractivity (Wildman–Crippen MR) is 78.2 cm³/mol. The Labute approximate surface area is 121 Å². The molecule has 5 nitrogen and oxygen atoms in total. The van der Waals surface area contributed by atoms with Gasteiger partial charge >= 0.3 is 5.57 Å². The molecule has 0 radical (unpaired) electrons. The van der Waals surface area contributed by atoms with Gasteiger partial charge in [-0.15, -0.1) is 0 Å². The third kappa shape index (κ3) is 2.07. The first-order valence-electron chi connectivity index (χ1n) is 7.25. The molecule has 114 valence electrons. The molecule has 1 aliphatic rings. The van der Waals surface area contributed by atoms with E-state index in [-0.39, 0.29) is 12.1 Å². The molecule has 0 aliphatic carbocycles. The second-order valence-corrected chi connectivity index (χ2v) is 8.54. The third-order valence-corrected chi connectivity index (χ3v) is 6.84. The number of imidazole rings is 1. The van der Waals surface area contributed by atoms with Crippen molar-refractivity contribution >= 4 is 12.9 Å². The van der Waals surface area contributed by atoms with Crippen LogP contribution in [0.1, 0.15) is 39.1 Å². The minimum Gasteiger partial charge on any atom is -0.789 e. The van der Waals surface area contributed by atoms with Crippen LogP contribution in [0.5, 0.6) is 0 Å². The number of aromatic nitrogens is 2. The monoisotopic (exact) mass is 299 g/mol. The van der Waals surface area contributed by atoms with Crippen LogP contribution >= 0.6 is 7.37 Å². The zero-order chi connectivity index (χ0) is 15.4. The fourth-order valence-electron chi connectivity index (χ4n) is 3.47. The maximum Gasteiger partial charge on any atom is 0.302 e. The second kappa shape index (κ2) is 4.97. The maximum absolute atomic E-state index is 13.0. The molecule has 0 spiro atoms. The Balaban J connectivity index is 2.54. The fraction of sp³-hybridized carbons (Fsp3) is 0.786. The predicted octanol–water partition coefficient (Wildman–Crippen LogP) is 0.652. The average Bonchev–Trinajstić information content (AvgIpc) is 2.69. The van der Waals surface area contributed by atoms with Crippen LogP contribution < -0.4 is 15.0 Å². The molecule has 0 bridgehead atoms. The van der Waals surface area contributed by atoms with Gasteiger partial charge in [0.1, 0.15) is 31.1 Å². The van der Waals surface area contributed by atoms with Gasteiger partial charge in [-0.25, -0.2) is 9.13 Å². The van der Waals surface area contributed by atoms with Gasteiger partial charge in [0.2, 0.25) is 0 Å². The van der Waals surface area contributed by atoms with E-state index in [1.54, 1.807) is 0 Å². The lowest BCUT2D eigenvalue weighted by Crippen LogP contribution is -2.51. The second-order valence-electron chi connectivity index (χ2n) is 6.35. The lowest BCUT2D eigenvalue weighted by Gasteiger charge is -2.39. The van der Waals surface area contributed by atoms with Crippen LogP contribution in [0.15, 0.2) is 0 Å². The summed E-state index contributed by atoms with van der Waals surface area (Å²) in [7, 11) is -1.81. The van der Waals surface area contributed by atoms with Crippen molar-refractivity contribution in [3.05, 3.63) is 11.4 Å². The van der Waals surface area contributed by atoms with E-state index in [0.29, 0.717) is 12.1 Å². The van der Waals surface area contributed by atoms with Crippen LogP contribution in [0, 0.1) is 13.8 Å². The quantitative estimate of drug-likeness (QED) is 0.608. The van der Waals surface area contributed by atoms with Crippen LogP contribution in [0.25, 0.3) is 0 Å². The van der Waals surface area contributed by atoms with Gasteiger partial charge in [0, 0.05) is 25.9 Å². The van der Waals surface area contributed by atoms with E-state index in [9.17, 15) is 9.46 Å². The van der Waals surface area contributed by atoms with Crippen LogP contribution in [-0.2, 0) is 18.2 Å². The third-order valence-electron chi connectivity index (χ3n) is 4.53. The van der Waals surface area contributed by atoms with Crippen molar-refractivity contribution in [3.63, 3.8) is 0 Å². The molecule has 1 aromatic heterocycles. The molecule has 0 saturated carbocycles. The zero-order valence-corrected chi connectivity index (χ0v) is 14.4. The Morgan fingerprint density at radius 1 is 1.30 bits per heavy atom. The first kappa shape index (κ1) is 15.7. The molecule has 0 amide bonds. The molecule has 2 atom stereocenters.